The fourth-order valence-corrected chi connectivity index (χ4v) is 4.47. The normalized spacial score (nSPS) is 11.6. The van der Waals surface area contributed by atoms with Gasteiger partial charge in [0.1, 0.15) is 0 Å². The molecule has 4 heteroatoms. The van der Waals surface area contributed by atoms with E-state index in [4.69, 9.17) is 0 Å². The van der Waals surface area contributed by atoms with Crippen LogP contribution >= 0.6 is 0 Å². The van der Waals surface area contributed by atoms with Gasteiger partial charge in [-0.25, -0.2) is 8.42 Å². The van der Waals surface area contributed by atoms with Crippen molar-refractivity contribution in [2.24, 2.45) is 0 Å². The highest BCUT2D eigenvalue weighted by Gasteiger charge is 2.09. The lowest BCUT2D eigenvalue weighted by atomic mass is 10.0. The van der Waals surface area contributed by atoms with E-state index in [0.29, 0.717) is 5.69 Å². The quantitative estimate of drug-likeness (QED) is 0.287. The Bertz CT molecular complexity index is 567. The van der Waals surface area contributed by atoms with Crippen LogP contribution in [0.4, 0.5) is 5.69 Å². The second-order valence-electron chi connectivity index (χ2n) is 7.71. The van der Waals surface area contributed by atoms with Crippen LogP contribution in [-0.2, 0) is 10.0 Å². The summed E-state index contributed by atoms with van der Waals surface area (Å²) in [6, 6.07) is 7.13. The zero-order valence-electron chi connectivity index (χ0n) is 17.3. The van der Waals surface area contributed by atoms with E-state index in [1.54, 1.807) is 12.1 Å². The van der Waals surface area contributed by atoms with Gasteiger partial charge in [0, 0.05) is 5.69 Å². The monoisotopic (exact) mass is 394 g/mol. The minimum Gasteiger partial charge on any atom is -0.284 e. The molecule has 1 aromatic rings. The van der Waals surface area contributed by atoms with Crippen molar-refractivity contribution in [1.29, 1.82) is 0 Å². The smallest absolute Gasteiger partial charge is 0.232 e. The average Bonchev–Trinajstić information content (AvgIpc) is 2.63. The molecule has 1 rings (SSSR count). The summed E-state index contributed by atoms with van der Waals surface area (Å²) in [7, 11) is -3.23. The number of unbranched alkanes of at least 4 members (excludes halogenated alkanes) is 13. The molecule has 0 bridgehead atoms. The van der Waals surface area contributed by atoms with Crippen molar-refractivity contribution >= 4 is 15.7 Å². The maximum absolute atomic E-state index is 12.1. The van der Waals surface area contributed by atoms with E-state index >= 15 is 0 Å². The molecule has 0 fully saturated rings. The lowest BCUT2D eigenvalue weighted by Crippen LogP contribution is -2.16. The van der Waals surface area contributed by atoms with Crippen molar-refractivity contribution in [3.8, 4) is 0 Å². The Balaban J connectivity index is 1.92. The largest absolute Gasteiger partial charge is 0.284 e. The first-order valence-electron chi connectivity index (χ1n) is 11.0. The van der Waals surface area contributed by atoms with Crippen LogP contribution in [0.1, 0.15) is 102 Å². The second-order valence-corrected chi connectivity index (χ2v) is 9.56. The molecule has 0 unspecified atom stereocenters. The number of benzene rings is 1. The summed E-state index contributed by atoms with van der Waals surface area (Å²) in [6.07, 6.45) is 17.8. The van der Waals surface area contributed by atoms with Crippen LogP contribution in [-0.4, -0.2) is 14.2 Å². The van der Waals surface area contributed by atoms with Gasteiger partial charge in [-0.1, -0.05) is 103 Å². The summed E-state index contributed by atoms with van der Waals surface area (Å²) in [6.45, 7) is 6.06. The molecule has 0 heterocycles. The Morgan fingerprint density at radius 1 is 0.704 bits per heavy atom. The summed E-state index contributed by atoms with van der Waals surface area (Å²) in [5.41, 5.74) is 1.50. The van der Waals surface area contributed by atoms with Gasteiger partial charge in [-0.05, 0) is 31.0 Å². The zero-order chi connectivity index (χ0) is 19.8. The Labute approximate surface area is 168 Å². The predicted molar refractivity (Wildman–Crippen MR) is 119 cm³/mol. The minimum absolute atomic E-state index is 0.206. The van der Waals surface area contributed by atoms with Gasteiger partial charge in [-0.2, -0.15) is 0 Å². The Hall–Kier alpha value is -1.03. The molecule has 1 N–H and O–H groups in total. The summed E-state index contributed by atoms with van der Waals surface area (Å²) < 4.78 is 26.8. The van der Waals surface area contributed by atoms with E-state index in [-0.39, 0.29) is 5.75 Å². The number of rotatable bonds is 17. The van der Waals surface area contributed by atoms with Crippen molar-refractivity contribution in [3.63, 3.8) is 0 Å². The molecule has 1 aromatic carbocycles. The number of sulfonamides is 1. The first-order valence-corrected chi connectivity index (χ1v) is 12.6. The minimum atomic E-state index is -3.23. The van der Waals surface area contributed by atoms with E-state index in [9.17, 15) is 8.42 Å². The molecule has 0 aliphatic carbocycles. The third-order valence-corrected chi connectivity index (χ3v) is 6.37. The van der Waals surface area contributed by atoms with Gasteiger partial charge in [0.05, 0.1) is 5.75 Å². The van der Waals surface area contributed by atoms with Crippen LogP contribution < -0.4 is 4.72 Å². The number of nitrogens with one attached hydrogen (secondary N) is 1. The molecular weight excluding hydrogens is 354 g/mol. The van der Waals surface area contributed by atoms with Crippen LogP contribution in [0.3, 0.4) is 0 Å². The standard InChI is InChI=1S/C23H40NO2S/c1-3-4-5-6-7-8-9-10-11-12-13-14-15-16-21-27(25,26)24-23-19-17-22(2)18-20-23/h17-20,24H,2-16,21H2,1H3. The van der Waals surface area contributed by atoms with E-state index < -0.39 is 10.0 Å². The molecule has 0 spiro atoms. The van der Waals surface area contributed by atoms with Gasteiger partial charge in [-0.3, -0.25) is 4.72 Å². The molecule has 0 saturated carbocycles. The Morgan fingerprint density at radius 3 is 1.56 bits per heavy atom. The fourth-order valence-electron chi connectivity index (χ4n) is 3.29. The van der Waals surface area contributed by atoms with Crippen LogP contribution in [0.5, 0.6) is 0 Å². The molecule has 0 atom stereocenters. The lowest BCUT2D eigenvalue weighted by Gasteiger charge is -2.08. The third kappa shape index (κ3) is 13.7. The van der Waals surface area contributed by atoms with Gasteiger partial charge in [0.25, 0.3) is 0 Å². The van der Waals surface area contributed by atoms with Gasteiger partial charge < -0.3 is 0 Å². The molecule has 27 heavy (non-hydrogen) atoms. The molecule has 0 amide bonds. The SMILES string of the molecule is [CH2]c1ccc(NS(=O)(=O)CCCCCCCCCCCCCCCC)cc1. The van der Waals surface area contributed by atoms with Crippen molar-refractivity contribution in [2.45, 2.75) is 96.8 Å². The van der Waals surface area contributed by atoms with Crippen LogP contribution in [0.15, 0.2) is 24.3 Å². The molecule has 0 aliphatic rings. The van der Waals surface area contributed by atoms with Crippen LogP contribution in [0.2, 0.25) is 0 Å². The molecule has 0 aliphatic heterocycles. The predicted octanol–water partition coefficient (Wildman–Crippen LogP) is 7.09. The number of hydrogen-bond acceptors (Lipinski definition) is 2. The average molecular weight is 395 g/mol. The highest BCUT2D eigenvalue weighted by atomic mass is 32.2. The van der Waals surface area contributed by atoms with Crippen molar-refractivity contribution in [1.82, 2.24) is 0 Å². The van der Waals surface area contributed by atoms with Gasteiger partial charge in [0.15, 0.2) is 0 Å². The Kier molecular flexibility index (Phi) is 13.3. The van der Waals surface area contributed by atoms with Crippen LogP contribution in [0, 0.1) is 6.92 Å². The number of hydrogen-bond donors (Lipinski definition) is 1. The van der Waals surface area contributed by atoms with Crippen molar-refractivity contribution in [3.05, 3.63) is 36.8 Å². The Morgan fingerprint density at radius 2 is 1.11 bits per heavy atom. The molecule has 1 radical (unpaired) electrons. The topological polar surface area (TPSA) is 46.2 Å². The fraction of sp³-hybridized carbons (Fsp3) is 0.696. The van der Waals surface area contributed by atoms with Gasteiger partial charge >= 0.3 is 0 Å². The highest BCUT2D eigenvalue weighted by Crippen LogP contribution is 2.14. The van der Waals surface area contributed by atoms with E-state index in [1.807, 2.05) is 12.1 Å². The van der Waals surface area contributed by atoms with E-state index in [2.05, 4.69) is 18.6 Å². The summed E-state index contributed by atoms with van der Waals surface area (Å²) in [5.74, 6) is 0.206. The lowest BCUT2D eigenvalue weighted by molar-refractivity contribution is 0.537. The highest BCUT2D eigenvalue weighted by molar-refractivity contribution is 7.92. The van der Waals surface area contributed by atoms with Crippen molar-refractivity contribution in [2.75, 3.05) is 10.5 Å². The molecular formula is C23H40NO2S. The zero-order valence-corrected chi connectivity index (χ0v) is 18.2. The maximum atomic E-state index is 12.1. The van der Waals surface area contributed by atoms with Crippen molar-refractivity contribution < 1.29 is 8.42 Å². The van der Waals surface area contributed by atoms with Gasteiger partial charge in [0.2, 0.25) is 10.0 Å². The molecule has 0 aromatic heterocycles. The second kappa shape index (κ2) is 15.0. The molecule has 3 nitrogen and oxygen atoms in total. The molecule has 155 valence electrons. The summed E-state index contributed by atoms with van der Waals surface area (Å²) >= 11 is 0. The maximum Gasteiger partial charge on any atom is 0.232 e. The van der Waals surface area contributed by atoms with Crippen LogP contribution in [0.25, 0.3) is 0 Å². The van der Waals surface area contributed by atoms with Gasteiger partial charge in [-0.15, -0.1) is 0 Å². The third-order valence-electron chi connectivity index (χ3n) is 4.99. The van der Waals surface area contributed by atoms with E-state index in [1.165, 1.54) is 70.6 Å². The first kappa shape index (κ1) is 24.0. The number of anilines is 1. The first-order chi connectivity index (χ1) is 13.0. The molecule has 0 saturated heterocycles. The summed E-state index contributed by atoms with van der Waals surface area (Å²) in [4.78, 5) is 0. The van der Waals surface area contributed by atoms with E-state index in [0.717, 1.165) is 24.8 Å². The summed E-state index contributed by atoms with van der Waals surface area (Å²) in [5, 5.41) is 0.